The van der Waals surface area contributed by atoms with E-state index in [1.54, 1.807) is 14.0 Å². The Morgan fingerprint density at radius 3 is 2.57 bits per heavy atom. The maximum atomic E-state index is 14.0. The van der Waals surface area contributed by atoms with E-state index in [1.165, 1.54) is 4.90 Å². The van der Waals surface area contributed by atoms with Gasteiger partial charge in [0.05, 0.1) is 23.2 Å². The van der Waals surface area contributed by atoms with Crippen LogP contribution in [0.3, 0.4) is 0 Å². The minimum absolute atomic E-state index is 0.122. The number of benzene rings is 1. The summed E-state index contributed by atoms with van der Waals surface area (Å²) >= 11 is 6.76. The molecule has 0 saturated carbocycles. The van der Waals surface area contributed by atoms with Crippen molar-refractivity contribution in [3.05, 3.63) is 52.1 Å². The molecule has 4 bridgehead atoms. The lowest BCUT2D eigenvalue weighted by Crippen LogP contribution is -2.60. The van der Waals surface area contributed by atoms with Gasteiger partial charge in [-0.1, -0.05) is 69.2 Å². The smallest absolute Gasteiger partial charge is 0.409 e. The Bertz CT molecular complexity index is 1430. The van der Waals surface area contributed by atoms with E-state index in [1.807, 2.05) is 76.9 Å². The lowest BCUT2D eigenvalue weighted by molar-refractivity contribution is -0.159. The van der Waals surface area contributed by atoms with Gasteiger partial charge in [-0.15, -0.1) is 0 Å². The van der Waals surface area contributed by atoms with Crippen molar-refractivity contribution in [1.82, 2.24) is 10.2 Å². The minimum atomic E-state index is -1.55. The molecule has 47 heavy (non-hydrogen) atoms. The third-order valence-electron chi connectivity index (χ3n) is 10.0. The molecule has 3 heterocycles. The maximum absolute atomic E-state index is 14.0. The first-order chi connectivity index (χ1) is 21.9. The number of hydrogen-bond acceptors (Lipinski definition) is 8. The van der Waals surface area contributed by atoms with E-state index < -0.39 is 53.7 Å². The van der Waals surface area contributed by atoms with Gasteiger partial charge in [-0.2, -0.15) is 0 Å². The van der Waals surface area contributed by atoms with Gasteiger partial charge in [0.25, 0.3) is 0 Å². The molecular formula is C36H52ClN3O7. The third kappa shape index (κ3) is 8.21. The van der Waals surface area contributed by atoms with Gasteiger partial charge in [-0.05, 0) is 64.3 Å². The number of halogens is 1. The summed E-state index contributed by atoms with van der Waals surface area (Å²) in [6, 6.07) is 3.36. The number of alkyl carbamates (subject to hydrolysis) is 1. The van der Waals surface area contributed by atoms with E-state index in [0.29, 0.717) is 29.6 Å². The van der Waals surface area contributed by atoms with Crippen LogP contribution in [0.15, 0.2) is 35.9 Å². The van der Waals surface area contributed by atoms with Gasteiger partial charge in [0.1, 0.15) is 29.6 Å². The molecule has 2 fully saturated rings. The molecule has 10 nitrogen and oxygen atoms in total. The molecule has 0 aromatic heterocycles. The van der Waals surface area contributed by atoms with Crippen LogP contribution in [-0.4, -0.2) is 84.3 Å². The number of epoxide rings is 1. The first-order valence-electron chi connectivity index (χ1n) is 16.6. The van der Waals surface area contributed by atoms with Gasteiger partial charge >= 0.3 is 12.1 Å². The van der Waals surface area contributed by atoms with Crippen LogP contribution in [0.1, 0.15) is 72.4 Å². The molecule has 2 amide bonds. The number of aliphatic hydroxyl groups is 1. The van der Waals surface area contributed by atoms with Crippen LogP contribution in [0.5, 0.6) is 0 Å². The number of anilines is 1. The first-order valence-corrected chi connectivity index (χ1v) is 16.9. The summed E-state index contributed by atoms with van der Waals surface area (Å²) in [6.45, 7) is 16.1. The van der Waals surface area contributed by atoms with Crippen molar-refractivity contribution in [1.29, 1.82) is 0 Å². The number of carbonyl (C=O) groups excluding carboxylic acids is 3. The summed E-state index contributed by atoms with van der Waals surface area (Å²) in [5.74, 6) is -1.24. The summed E-state index contributed by atoms with van der Waals surface area (Å²) in [7, 11) is 3.54. The summed E-state index contributed by atoms with van der Waals surface area (Å²) in [4.78, 5) is 43.7. The van der Waals surface area contributed by atoms with Crippen molar-refractivity contribution >= 4 is 35.3 Å². The molecule has 4 rings (SSSR count). The normalized spacial score (nSPS) is 34.1. The molecule has 0 radical (unpaired) electrons. The average molecular weight is 674 g/mol. The van der Waals surface area contributed by atoms with E-state index in [0.717, 1.165) is 16.7 Å². The van der Waals surface area contributed by atoms with E-state index in [-0.39, 0.29) is 24.7 Å². The van der Waals surface area contributed by atoms with Crippen LogP contribution in [0.25, 0.3) is 0 Å². The molecule has 1 aromatic carbocycles. The quantitative estimate of drug-likeness (QED) is 0.308. The number of ether oxygens (including phenoxy) is 3. The van der Waals surface area contributed by atoms with Crippen LogP contribution in [0, 0.1) is 24.7 Å². The van der Waals surface area contributed by atoms with Crippen LogP contribution >= 0.6 is 11.6 Å². The first kappa shape index (κ1) is 36.9. The molecule has 0 aliphatic carbocycles. The third-order valence-corrected chi connectivity index (χ3v) is 10.5. The predicted molar refractivity (Wildman–Crippen MR) is 182 cm³/mol. The van der Waals surface area contributed by atoms with Crippen molar-refractivity contribution in [2.45, 2.75) is 110 Å². The molecule has 11 heteroatoms. The molecule has 7 unspecified atom stereocenters. The molecule has 260 valence electrons. The highest BCUT2D eigenvalue weighted by molar-refractivity contribution is 6.34. The second-order valence-corrected chi connectivity index (χ2v) is 14.9. The fourth-order valence-corrected chi connectivity index (χ4v) is 6.94. The van der Waals surface area contributed by atoms with Crippen LogP contribution in [0.4, 0.5) is 10.5 Å². The summed E-state index contributed by atoms with van der Waals surface area (Å²) in [6.07, 6.45) is 3.41. The number of aryl methyl sites for hydroxylation is 1. The second kappa shape index (κ2) is 14.3. The Morgan fingerprint density at radius 1 is 1.23 bits per heavy atom. The fraction of sp³-hybridized carbons (Fsp3) is 0.639. The van der Waals surface area contributed by atoms with E-state index in [4.69, 9.17) is 25.8 Å². The zero-order valence-electron chi connectivity index (χ0n) is 29.4. The lowest BCUT2D eigenvalue weighted by Gasteiger charge is -2.41. The average Bonchev–Trinajstić information content (AvgIpc) is 3.68. The highest BCUT2D eigenvalue weighted by Crippen LogP contribution is 2.49. The van der Waals surface area contributed by atoms with Crippen molar-refractivity contribution in [2.24, 2.45) is 17.8 Å². The van der Waals surface area contributed by atoms with Crippen LogP contribution < -0.4 is 10.2 Å². The second-order valence-electron chi connectivity index (χ2n) is 14.5. The van der Waals surface area contributed by atoms with E-state index in [2.05, 4.69) is 19.2 Å². The number of esters is 1. The molecule has 2 N–H and O–H groups in total. The largest absolute Gasteiger partial charge is 0.457 e. The zero-order valence-corrected chi connectivity index (χ0v) is 30.2. The van der Waals surface area contributed by atoms with Gasteiger partial charge < -0.3 is 24.2 Å². The highest BCUT2D eigenvalue weighted by atomic mass is 35.5. The van der Waals surface area contributed by atoms with Crippen LogP contribution in [0.2, 0.25) is 5.02 Å². The maximum Gasteiger partial charge on any atom is 0.409 e. The molecule has 3 aliphatic rings. The molecule has 1 aromatic rings. The van der Waals surface area contributed by atoms with Crippen molar-refractivity contribution in [3.63, 3.8) is 0 Å². The van der Waals surface area contributed by atoms with Gasteiger partial charge in [0, 0.05) is 31.8 Å². The molecular weight excluding hydrogens is 622 g/mol. The number of amides is 2. The van der Waals surface area contributed by atoms with Gasteiger partial charge in [-0.3, -0.25) is 19.8 Å². The molecule has 2 saturated heterocycles. The Morgan fingerprint density at radius 2 is 1.91 bits per heavy atom. The number of hydrogen-bond donors (Lipinski definition) is 2. The lowest BCUT2D eigenvalue weighted by atomic mass is 9.82. The number of nitrogens with zero attached hydrogens (tertiary/aromatic N) is 2. The fourth-order valence-electron chi connectivity index (χ4n) is 6.70. The number of rotatable bonds is 5. The predicted octanol–water partition coefficient (Wildman–Crippen LogP) is 5.56. The summed E-state index contributed by atoms with van der Waals surface area (Å²) in [5, 5.41) is 14.7. The Labute approximate surface area is 284 Å². The molecule has 0 spiro atoms. The Hall–Kier alpha value is -2.92. The van der Waals surface area contributed by atoms with E-state index >= 15 is 0 Å². The molecule has 3 aliphatic heterocycles. The standard InChI is InChI=1S/C36H52ClN3O7/c1-20(2)19-39(9)25(7)33(42)46-29-17-30(41)40(10)27-16-26(15-22(4)31(27)37)14-21(3)12-11-13-23(5)36(44)18-28(45-34(43)38-36)24(6)32-35(29,8)47-32/h11-13,15-16,20,23-25,28-29,32,44H,14,17-19H2,1-10H3,(H,38,43)/b13-11+,21-12+/t23?,24?,25-,28?,29?,32?,35?,36?/m0/s1. The topological polar surface area (TPSA) is 121 Å². The zero-order chi connectivity index (χ0) is 35.0. The molecule has 8 atom stereocenters. The van der Waals surface area contributed by atoms with Crippen LogP contribution in [-0.2, 0) is 30.2 Å². The van der Waals surface area contributed by atoms with Crippen molar-refractivity contribution in [2.75, 3.05) is 25.5 Å². The summed E-state index contributed by atoms with van der Waals surface area (Å²) in [5.41, 5.74) is 0.833. The highest BCUT2D eigenvalue weighted by Gasteiger charge is 2.64. The van der Waals surface area contributed by atoms with Gasteiger partial charge in [0.2, 0.25) is 5.91 Å². The number of allylic oxidation sites excluding steroid dienone is 3. The number of fused-ring (bicyclic) bond motifs is 5. The monoisotopic (exact) mass is 673 g/mol. The van der Waals surface area contributed by atoms with Gasteiger partial charge in [0.15, 0.2) is 0 Å². The number of nitrogens with one attached hydrogen (secondary N) is 1. The van der Waals surface area contributed by atoms with Crippen molar-refractivity contribution < 1.29 is 33.7 Å². The SMILES string of the molecule is C/C1=C\C=C\C(C)C2(O)CC(OC(=O)N2)C(C)C2OC2(C)C(OC(=O)[C@H](C)N(C)CC(C)C)CC(=O)N(C)c2cc(cc(C)c2Cl)C1. The Kier molecular flexibility index (Phi) is 11.2. The summed E-state index contributed by atoms with van der Waals surface area (Å²) < 4.78 is 18.1. The number of likely N-dealkylation sites (N-methyl/N-ethyl adjacent to an activating group) is 1. The van der Waals surface area contributed by atoms with Gasteiger partial charge in [-0.25, -0.2) is 4.79 Å². The van der Waals surface area contributed by atoms with E-state index in [9.17, 15) is 19.5 Å². The Balaban J connectivity index is 1.74. The van der Waals surface area contributed by atoms with Crippen molar-refractivity contribution in [3.8, 4) is 0 Å². The minimum Gasteiger partial charge on any atom is -0.457 e. The number of carbonyl (C=O) groups is 3.